The summed E-state index contributed by atoms with van der Waals surface area (Å²) in [4.78, 5) is 23.5. The van der Waals surface area contributed by atoms with E-state index in [0.29, 0.717) is 19.1 Å². The third kappa shape index (κ3) is 8.44. The van der Waals surface area contributed by atoms with E-state index in [1.165, 1.54) is 18.1 Å². The summed E-state index contributed by atoms with van der Waals surface area (Å²) in [6, 6.07) is 8.01. The van der Waals surface area contributed by atoms with Crippen molar-refractivity contribution >= 4 is 11.9 Å². The van der Waals surface area contributed by atoms with Crippen molar-refractivity contribution in [3.8, 4) is 5.75 Å². The standard InChI is InChI=1S/C25H34O5/c1-5-28-24(26)15-19(4)17-29-22-12-10-20(11-13-22)16-21-8-6-7-9-23(21)30-25(27)14-18(2)3/h10-15,21,23H,5-9,16-17H2,1-4H3/b19-15+/t21-,23+/m0/s1. The van der Waals surface area contributed by atoms with E-state index in [2.05, 4.69) is 12.1 Å². The third-order valence-corrected chi connectivity index (χ3v) is 5.05. The van der Waals surface area contributed by atoms with Crippen molar-refractivity contribution in [1.82, 2.24) is 0 Å². The molecule has 5 nitrogen and oxygen atoms in total. The first kappa shape index (κ1) is 23.7. The molecule has 0 unspecified atom stereocenters. The van der Waals surface area contributed by atoms with E-state index in [1.54, 1.807) is 13.0 Å². The lowest BCUT2D eigenvalue weighted by molar-refractivity contribution is -0.147. The number of hydrogen-bond acceptors (Lipinski definition) is 5. The second kappa shape index (κ2) is 12.2. The fourth-order valence-corrected chi connectivity index (χ4v) is 3.63. The SMILES string of the molecule is CCOC(=O)/C=C(\C)COc1ccc(C[C@@H]2CCCC[C@H]2OC(=O)C=C(C)C)cc1. The molecule has 1 fully saturated rings. The van der Waals surface area contributed by atoms with Crippen molar-refractivity contribution in [2.45, 2.75) is 65.9 Å². The van der Waals surface area contributed by atoms with Gasteiger partial charge in [-0.05, 0) is 82.6 Å². The van der Waals surface area contributed by atoms with Crippen molar-refractivity contribution < 1.29 is 23.8 Å². The van der Waals surface area contributed by atoms with Crippen LogP contribution >= 0.6 is 0 Å². The van der Waals surface area contributed by atoms with Gasteiger partial charge in [-0.15, -0.1) is 0 Å². The lowest BCUT2D eigenvalue weighted by atomic mass is 9.82. The molecule has 5 heteroatoms. The van der Waals surface area contributed by atoms with Crippen LogP contribution in [0.25, 0.3) is 0 Å². The second-order valence-corrected chi connectivity index (χ2v) is 8.12. The monoisotopic (exact) mass is 414 g/mol. The zero-order valence-electron chi connectivity index (χ0n) is 18.6. The van der Waals surface area contributed by atoms with Crippen molar-refractivity contribution in [2.24, 2.45) is 5.92 Å². The second-order valence-electron chi connectivity index (χ2n) is 8.12. The van der Waals surface area contributed by atoms with Gasteiger partial charge in [-0.2, -0.15) is 0 Å². The molecule has 0 saturated heterocycles. The van der Waals surface area contributed by atoms with Crippen LogP contribution in [-0.2, 0) is 25.5 Å². The Balaban J connectivity index is 1.90. The molecule has 1 aliphatic rings. The molecule has 2 atom stereocenters. The smallest absolute Gasteiger partial charge is 0.330 e. The van der Waals surface area contributed by atoms with Gasteiger partial charge in [0.2, 0.25) is 0 Å². The molecule has 0 bridgehead atoms. The predicted octanol–water partition coefficient (Wildman–Crippen LogP) is 5.19. The Bertz CT molecular complexity index is 756. The molecule has 164 valence electrons. The molecule has 2 rings (SSSR count). The van der Waals surface area contributed by atoms with Gasteiger partial charge in [0.05, 0.1) is 6.61 Å². The number of carbonyl (C=O) groups is 2. The number of esters is 2. The summed E-state index contributed by atoms with van der Waals surface area (Å²) < 4.78 is 16.4. The van der Waals surface area contributed by atoms with Gasteiger partial charge in [-0.25, -0.2) is 9.59 Å². The fraction of sp³-hybridized carbons (Fsp3) is 0.520. The molecular formula is C25H34O5. The van der Waals surface area contributed by atoms with Crippen LogP contribution in [0.15, 0.2) is 47.6 Å². The van der Waals surface area contributed by atoms with Crippen molar-refractivity contribution in [3.05, 3.63) is 53.1 Å². The van der Waals surface area contributed by atoms with Crippen molar-refractivity contribution in [2.75, 3.05) is 13.2 Å². The van der Waals surface area contributed by atoms with E-state index in [4.69, 9.17) is 14.2 Å². The summed E-state index contributed by atoms with van der Waals surface area (Å²) in [7, 11) is 0. The number of allylic oxidation sites excluding steroid dienone is 1. The van der Waals surface area contributed by atoms with Gasteiger partial charge < -0.3 is 14.2 Å². The predicted molar refractivity (Wildman–Crippen MR) is 117 cm³/mol. The number of ether oxygens (including phenoxy) is 3. The Morgan fingerprint density at radius 3 is 2.37 bits per heavy atom. The molecule has 1 aliphatic carbocycles. The van der Waals surface area contributed by atoms with Gasteiger partial charge >= 0.3 is 11.9 Å². The maximum atomic E-state index is 12.0. The van der Waals surface area contributed by atoms with Crippen LogP contribution in [-0.4, -0.2) is 31.3 Å². The summed E-state index contributed by atoms with van der Waals surface area (Å²) in [6.07, 6.45) is 8.17. The largest absolute Gasteiger partial charge is 0.489 e. The molecule has 0 spiro atoms. The highest BCUT2D eigenvalue weighted by Gasteiger charge is 2.28. The van der Waals surface area contributed by atoms with Crippen LogP contribution in [0.1, 0.15) is 58.9 Å². The fourth-order valence-electron chi connectivity index (χ4n) is 3.63. The molecule has 0 radical (unpaired) electrons. The van der Waals surface area contributed by atoms with E-state index in [9.17, 15) is 9.59 Å². The number of carbonyl (C=O) groups excluding carboxylic acids is 2. The molecule has 0 amide bonds. The van der Waals surface area contributed by atoms with Gasteiger partial charge in [0.1, 0.15) is 18.5 Å². The van der Waals surface area contributed by atoms with Gasteiger partial charge in [-0.1, -0.05) is 24.1 Å². The van der Waals surface area contributed by atoms with Gasteiger partial charge in [0.25, 0.3) is 0 Å². The molecular weight excluding hydrogens is 380 g/mol. The topological polar surface area (TPSA) is 61.8 Å². The zero-order chi connectivity index (χ0) is 21.9. The lowest BCUT2D eigenvalue weighted by Crippen LogP contribution is -2.31. The molecule has 1 aromatic rings. The Hall–Kier alpha value is -2.56. The Kier molecular flexibility index (Phi) is 9.65. The highest BCUT2D eigenvalue weighted by molar-refractivity contribution is 5.83. The van der Waals surface area contributed by atoms with Gasteiger partial charge in [0.15, 0.2) is 0 Å². The van der Waals surface area contributed by atoms with E-state index in [0.717, 1.165) is 42.6 Å². The molecule has 0 heterocycles. The maximum absolute atomic E-state index is 12.0. The van der Waals surface area contributed by atoms with Crippen LogP contribution < -0.4 is 4.74 Å². The van der Waals surface area contributed by atoms with Crippen LogP contribution in [0.3, 0.4) is 0 Å². The average molecular weight is 415 g/mol. The minimum Gasteiger partial charge on any atom is -0.489 e. The van der Waals surface area contributed by atoms with E-state index >= 15 is 0 Å². The molecule has 0 aliphatic heterocycles. The number of hydrogen-bond donors (Lipinski definition) is 0. The van der Waals surface area contributed by atoms with E-state index in [1.807, 2.05) is 32.9 Å². The highest BCUT2D eigenvalue weighted by atomic mass is 16.5. The molecule has 1 aromatic carbocycles. The maximum Gasteiger partial charge on any atom is 0.330 e. The number of rotatable bonds is 9. The van der Waals surface area contributed by atoms with E-state index in [-0.39, 0.29) is 18.0 Å². The van der Waals surface area contributed by atoms with Crippen LogP contribution in [0.5, 0.6) is 5.75 Å². The molecule has 1 saturated carbocycles. The van der Waals surface area contributed by atoms with Crippen LogP contribution in [0.2, 0.25) is 0 Å². The minimum absolute atomic E-state index is 0.0200. The molecule has 0 N–H and O–H groups in total. The normalized spacial score (nSPS) is 19.0. The van der Waals surface area contributed by atoms with Gasteiger partial charge in [0, 0.05) is 12.2 Å². The van der Waals surface area contributed by atoms with Crippen molar-refractivity contribution in [1.29, 1.82) is 0 Å². The first-order valence-electron chi connectivity index (χ1n) is 10.8. The summed E-state index contributed by atoms with van der Waals surface area (Å²) in [5.41, 5.74) is 2.97. The van der Waals surface area contributed by atoms with Crippen molar-refractivity contribution in [3.63, 3.8) is 0 Å². The third-order valence-electron chi connectivity index (χ3n) is 5.05. The minimum atomic E-state index is -0.346. The van der Waals surface area contributed by atoms with Gasteiger partial charge in [-0.3, -0.25) is 0 Å². The molecule has 30 heavy (non-hydrogen) atoms. The summed E-state index contributed by atoms with van der Waals surface area (Å²) in [6.45, 7) is 8.12. The average Bonchev–Trinajstić information content (AvgIpc) is 2.68. The van der Waals surface area contributed by atoms with E-state index < -0.39 is 0 Å². The summed E-state index contributed by atoms with van der Waals surface area (Å²) in [5.74, 6) is 0.517. The lowest BCUT2D eigenvalue weighted by Gasteiger charge is -2.31. The Labute approximate surface area is 180 Å². The Morgan fingerprint density at radius 1 is 1.00 bits per heavy atom. The zero-order valence-corrected chi connectivity index (χ0v) is 18.6. The Morgan fingerprint density at radius 2 is 1.70 bits per heavy atom. The first-order valence-corrected chi connectivity index (χ1v) is 10.8. The highest BCUT2D eigenvalue weighted by Crippen LogP contribution is 2.30. The summed E-state index contributed by atoms with van der Waals surface area (Å²) >= 11 is 0. The summed E-state index contributed by atoms with van der Waals surface area (Å²) in [5, 5.41) is 0. The van der Waals surface area contributed by atoms with Crippen LogP contribution in [0, 0.1) is 5.92 Å². The first-order chi connectivity index (χ1) is 14.4. The van der Waals surface area contributed by atoms with Crippen LogP contribution in [0.4, 0.5) is 0 Å². The quantitative estimate of drug-likeness (QED) is 0.411. The number of benzene rings is 1. The molecule has 0 aromatic heterocycles.